The molecule has 0 spiro atoms. The van der Waals surface area contributed by atoms with Gasteiger partial charge in [0.2, 0.25) is 0 Å². The molecular formula is C11H12FN3O. The molecule has 0 radical (unpaired) electrons. The topological polar surface area (TPSA) is 50.9 Å². The van der Waals surface area contributed by atoms with Crippen molar-refractivity contribution in [3.05, 3.63) is 47.5 Å². The van der Waals surface area contributed by atoms with Gasteiger partial charge in [-0.05, 0) is 24.6 Å². The SMILES string of the molecule is Cn1nncc1C(C)(O)c1cccc(F)c1. The van der Waals surface area contributed by atoms with E-state index in [0.717, 1.165) is 0 Å². The molecule has 1 heterocycles. The number of aliphatic hydroxyl groups is 1. The van der Waals surface area contributed by atoms with Gasteiger partial charge < -0.3 is 5.11 Å². The van der Waals surface area contributed by atoms with E-state index in [4.69, 9.17) is 0 Å². The molecule has 1 aromatic heterocycles. The van der Waals surface area contributed by atoms with E-state index in [1.54, 1.807) is 26.1 Å². The van der Waals surface area contributed by atoms with Crippen LogP contribution in [0.3, 0.4) is 0 Å². The van der Waals surface area contributed by atoms with Crippen molar-refractivity contribution in [3.63, 3.8) is 0 Å². The van der Waals surface area contributed by atoms with Gasteiger partial charge in [-0.1, -0.05) is 17.3 Å². The normalized spacial score (nSPS) is 14.8. The molecule has 16 heavy (non-hydrogen) atoms. The Hall–Kier alpha value is -1.75. The molecule has 1 atom stereocenters. The maximum atomic E-state index is 13.1. The molecule has 0 fully saturated rings. The monoisotopic (exact) mass is 221 g/mol. The van der Waals surface area contributed by atoms with E-state index in [1.165, 1.54) is 23.0 Å². The van der Waals surface area contributed by atoms with Crippen molar-refractivity contribution in [2.24, 2.45) is 7.05 Å². The Morgan fingerprint density at radius 2 is 2.19 bits per heavy atom. The Morgan fingerprint density at radius 3 is 2.75 bits per heavy atom. The van der Waals surface area contributed by atoms with Gasteiger partial charge in [0.15, 0.2) is 0 Å². The third kappa shape index (κ3) is 1.69. The molecule has 0 aliphatic rings. The van der Waals surface area contributed by atoms with Crippen molar-refractivity contribution in [1.82, 2.24) is 15.0 Å². The van der Waals surface area contributed by atoms with Gasteiger partial charge in [-0.15, -0.1) is 5.10 Å². The second-order valence-corrected chi connectivity index (χ2v) is 3.83. The van der Waals surface area contributed by atoms with E-state index in [1.807, 2.05) is 0 Å². The van der Waals surface area contributed by atoms with Crippen LogP contribution in [-0.2, 0) is 12.6 Å². The Morgan fingerprint density at radius 1 is 1.44 bits per heavy atom. The molecule has 84 valence electrons. The highest BCUT2D eigenvalue weighted by molar-refractivity contribution is 5.30. The molecule has 1 unspecified atom stereocenters. The zero-order valence-electron chi connectivity index (χ0n) is 9.05. The fourth-order valence-corrected chi connectivity index (χ4v) is 1.67. The van der Waals surface area contributed by atoms with Crippen LogP contribution < -0.4 is 0 Å². The Bertz CT molecular complexity index is 507. The summed E-state index contributed by atoms with van der Waals surface area (Å²) < 4.78 is 14.6. The molecule has 0 saturated carbocycles. The zero-order chi connectivity index (χ0) is 11.8. The summed E-state index contributed by atoms with van der Waals surface area (Å²) in [7, 11) is 1.68. The summed E-state index contributed by atoms with van der Waals surface area (Å²) in [6.45, 7) is 1.58. The average molecular weight is 221 g/mol. The summed E-state index contributed by atoms with van der Waals surface area (Å²) in [5.74, 6) is -0.382. The molecule has 0 aliphatic heterocycles. The molecule has 0 saturated heterocycles. The third-order valence-corrected chi connectivity index (χ3v) is 2.60. The summed E-state index contributed by atoms with van der Waals surface area (Å²) in [5, 5.41) is 17.8. The molecule has 2 rings (SSSR count). The number of nitrogens with zero attached hydrogens (tertiary/aromatic N) is 3. The van der Waals surface area contributed by atoms with Crippen LogP contribution in [0.1, 0.15) is 18.2 Å². The maximum Gasteiger partial charge on any atom is 0.130 e. The molecule has 0 aliphatic carbocycles. The maximum absolute atomic E-state index is 13.1. The minimum Gasteiger partial charge on any atom is -0.379 e. The molecule has 0 bridgehead atoms. The average Bonchev–Trinajstić information content (AvgIpc) is 2.65. The number of aromatic nitrogens is 3. The lowest BCUT2D eigenvalue weighted by molar-refractivity contribution is 0.0925. The first-order valence-corrected chi connectivity index (χ1v) is 4.85. The highest BCUT2D eigenvalue weighted by atomic mass is 19.1. The predicted molar refractivity (Wildman–Crippen MR) is 56.1 cm³/mol. The number of aryl methyl sites for hydroxylation is 1. The quantitative estimate of drug-likeness (QED) is 0.829. The van der Waals surface area contributed by atoms with E-state index in [-0.39, 0.29) is 5.82 Å². The van der Waals surface area contributed by atoms with Gasteiger partial charge in [0.05, 0.1) is 11.9 Å². The first kappa shape index (κ1) is 10.8. The molecular weight excluding hydrogens is 209 g/mol. The molecule has 1 N–H and O–H groups in total. The first-order chi connectivity index (χ1) is 7.51. The predicted octanol–water partition coefficient (Wildman–Crippen LogP) is 1.21. The van der Waals surface area contributed by atoms with Crippen LogP contribution >= 0.6 is 0 Å². The van der Waals surface area contributed by atoms with Crippen LogP contribution in [0.2, 0.25) is 0 Å². The minimum absolute atomic E-state index is 0.382. The Kier molecular flexibility index (Phi) is 2.47. The second kappa shape index (κ2) is 3.68. The van der Waals surface area contributed by atoms with Crippen LogP contribution in [-0.4, -0.2) is 20.1 Å². The number of hydrogen-bond acceptors (Lipinski definition) is 3. The lowest BCUT2D eigenvalue weighted by Gasteiger charge is -2.23. The van der Waals surface area contributed by atoms with Crippen molar-refractivity contribution < 1.29 is 9.50 Å². The first-order valence-electron chi connectivity index (χ1n) is 4.85. The zero-order valence-corrected chi connectivity index (χ0v) is 9.05. The van der Waals surface area contributed by atoms with E-state index >= 15 is 0 Å². The van der Waals surface area contributed by atoms with Crippen molar-refractivity contribution in [2.45, 2.75) is 12.5 Å². The largest absolute Gasteiger partial charge is 0.379 e. The van der Waals surface area contributed by atoms with Crippen LogP contribution in [0.25, 0.3) is 0 Å². The highest BCUT2D eigenvalue weighted by Crippen LogP contribution is 2.28. The van der Waals surface area contributed by atoms with Gasteiger partial charge in [-0.3, -0.25) is 0 Å². The number of halogens is 1. The number of benzene rings is 1. The van der Waals surface area contributed by atoms with Crippen molar-refractivity contribution in [1.29, 1.82) is 0 Å². The van der Waals surface area contributed by atoms with Gasteiger partial charge in [0, 0.05) is 7.05 Å². The summed E-state index contributed by atoms with van der Waals surface area (Å²) in [6.07, 6.45) is 1.46. The molecule has 1 aromatic carbocycles. The standard InChI is InChI=1S/C11H12FN3O/c1-11(16,10-7-13-14-15(10)2)8-4-3-5-9(12)6-8/h3-7,16H,1-2H3. The summed E-state index contributed by atoms with van der Waals surface area (Å²) >= 11 is 0. The Balaban J connectivity index is 2.51. The molecule has 0 amide bonds. The van der Waals surface area contributed by atoms with Gasteiger partial charge in [-0.2, -0.15) is 0 Å². The van der Waals surface area contributed by atoms with E-state index in [2.05, 4.69) is 10.3 Å². The van der Waals surface area contributed by atoms with E-state index < -0.39 is 5.60 Å². The Labute approximate surface area is 92.3 Å². The van der Waals surface area contributed by atoms with Crippen molar-refractivity contribution >= 4 is 0 Å². The molecule has 2 aromatic rings. The summed E-state index contributed by atoms with van der Waals surface area (Å²) in [4.78, 5) is 0. The minimum atomic E-state index is -1.31. The smallest absolute Gasteiger partial charge is 0.130 e. The van der Waals surface area contributed by atoms with Gasteiger partial charge in [0.1, 0.15) is 11.4 Å². The molecule has 4 nitrogen and oxygen atoms in total. The van der Waals surface area contributed by atoms with Crippen molar-refractivity contribution in [3.8, 4) is 0 Å². The lowest BCUT2D eigenvalue weighted by atomic mass is 9.93. The summed E-state index contributed by atoms with van der Waals surface area (Å²) in [6, 6.07) is 5.85. The van der Waals surface area contributed by atoms with E-state index in [0.29, 0.717) is 11.3 Å². The number of hydrogen-bond donors (Lipinski definition) is 1. The fraction of sp³-hybridized carbons (Fsp3) is 0.273. The highest BCUT2D eigenvalue weighted by Gasteiger charge is 2.29. The second-order valence-electron chi connectivity index (χ2n) is 3.83. The third-order valence-electron chi connectivity index (χ3n) is 2.60. The van der Waals surface area contributed by atoms with Crippen molar-refractivity contribution in [2.75, 3.05) is 0 Å². The van der Waals surface area contributed by atoms with Gasteiger partial charge in [0.25, 0.3) is 0 Å². The van der Waals surface area contributed by atoms with Gasteiger partial charge >= 0.3 is 0 Å². The van der Waals surface area contributed by atoms with Crippen LogP contribution in [0.15, 0.2) is 30.5 Å². The number of rotatable bonds is 2. The van der Waals surface area contributed by atoms with Crippen LogP contribution in [0.4, 0.5) is 4.39 Å². The van der Waals surface area contributed by atoms with E-state index in [9.17, 15) is 9.50 Å². The lowest BCUT2D eigenvalue weighted by Crippen LogP contribution is -2.26. The van der Waals surface area contributed by atoms with Crippen LogP contribution in [0.5, 0.6) is 0 Å². The fourth-order valence-electron chi connectivity index (χ4n) is 1.67. The van der Waals surface area contributed by atoms with Gasteiger partial charge in [-0.25, -0.2) is 9.07 Å². The molecule has 5 heteroatoms. The van der Waals surface area contributed by atoms with Crippen LogP contribution in [0, 0.1) is 5.82 Å². The summed E-state index contributed by atoms with van der Waals surface area (Å²) in [5.41, 5.74) is -0.323.